The highest BCUT2D eigenvalue weighted by Crippen LogP contribution is 2.27. The molecule has 0 aliphatic carbocycles. The Bertz CT molecular complexity index is 346. The van der Waals surface area contributed by atoms with Crippen LogP contribution < -0.4 is 10.6 Å². The van der Waals surface area contributed by atoms with Crippen molar-refractivity contribution < 1.29 is 9.53 Å². The maximum atomic E-state index is 11.7. The van der Waals surface area contributed by atoms with Gasteiger partial charge < -0.3 is 20.3 Å². The largest absolute Gasteiger partial charge is 0.444 e. The molecule has 2 atom stereocenters. The van der Waals surface area contributed by atoms with E-state index in [1.807, 2.05) is 20.8 Å². The topological polar surface area (TPSA) is 53.6 Å². The minimum Gasteiger partial charge on any atom is -0.444 e. The normalized spacial score (nSPS) is 30.0. The van der Waals surface area contributed by atoms with E-state index in [0.717, 1.165) is 18.9 Å². The van der Waals surface area contributed by atoms with Gasteiger partial charge in [-0.3, -0.25) is 0 Å². The summed E-state index contributed by atoms with van der Waals surface area (Å²) >= 11 is 0. The van der Waals surface area contributed by atoms with Gasteiger partial charge in [-0.15, -0.1) is 0 Å². The van der Waals surface area contributed by atoms with Gasteiger partial charge >= 0.3 is 6.09 Å². The molecule has 3 aliphatic rings. The second kappa shape index (κ2) is 6.97. The van der Waals surface area contributed by atoms with Crippen LogP contribution in [0.1, 0.15) is 47.0 Å². The van der Waals surface area contributed by atoms with Gasteiger partial charge in [-0.25, -0.2) is 4.79 Å². The second-order valence-electron chi connectivity index (χ2n) is 7.40. The minimum absolute atomic E-state index is 0.322. The average molecular weight is 297 g/mol. The van der Waals surface area contributed by atoms with Crippen molar-refractivity contribution in [2.45, 2.75) is 64.6 Å². The molecule has 2 unspecified atom stereocenters. The summed E-state index contributed by atoms with van der Waals surface area (Å²) < 4.78 is 5.29. The average Bonchev–Trinajstić information content (AvgIpc) is 2.43. The number of piperidine rings is 3. The number of hydrogen-bond acceptors (Lipinski definition) is 4. The molecule has 3 fully saturated rings. The molecule has 3 aliphatic heterocycles. The molecule has 3 rings (SSSR count). The predicted molar refractivity (Wildman–Crippen MR) is 84.4 cm³/mol. The Morgan fingerprint density at radius 1 is 1.33 bits per heavy atom. The van der Waals surface area contributed by atoms with Crippen LogP contribution in [0.5, 0.6) is 0 Å². The lowest BCUT2D eigenvalue weighted by molar-refractivity contribution is 0.0501. The van der Waals surface area contributed by atoms with Gasteiger partial charge in [-0.05, 0) is 59.0 Å². The number of amides is 1. The van der Waals surface area contributed by atoms with Gasteiger partial charge in [0.1, 0.15) is 5.60 Å². The zero-order valence-corrected chi connectivity index (χ0v) is 13.9. The lowest BCUT2D eigenvalue weighted by atomic mass is 9.83. The number of ether oxygens (including phenoxy) is 1. The number of fused-ring (bicyclic) bond motifs is 3. The van der Waals surface area contributed by atoms with Crippen LogP contribution in [0, 0.1) is 5.92 Å². The van der Waals surface area contributed by atoms with Crippen LogP contribution >= 0.6 is 0 Å². The van der Waals surface area contributed by atoms with Crippen LogP contribution in [0.25, 0.3) is 0 Å². The molecule has 3 heterocycles. The van der Waals surface area contributed by atoms with Crippen molar-refractivity contribution in [1.82, 2.24) is 15.5 Å². The third kappa shape index (κ3) is 5.15. The Morgan fingerprint density at radius 2 is 2.00 bits per heavy atom. The van der Waals surface area contributed by atoms with E-state index in [9.17, 15) is 4.79 Å². The third-order valence-corrected chi connectivity index (χ3v) is 4.49. The van der Waals surface area contributed by atoms with E-state index in [1.54, 1.807) is 0 Å². The van der Waals surface area contributed by atoms with Crippen molar-refractivity contribution in [3.05, 3.63) is 0 Å². The summed E-state index contributed by atoms with van der Waals surface area (Å²) in [5.74, 6) is 0.811. The van der Waals surface area contributed by atoms with Crippen LogP contribution in [0.15, 0.2) is 0 Å². The summed E-state index contributed by atoms with van der Waals surface area (Å²) in [5, 5.41) is 6.63. The Labute approximate surface area is 128 Å². The monoisotopic (exact) mass is 297 g/mol. The molecule has 5 nitrogen and oxygen atoms in total. The van der Waals surface area contributed by atoms with Crippen molar-refractivity contribution in [3.8, 4) is 0 Å². The lowest BCUT2D eigenvalue weighted by Gasteiger charge is -2.46. The van der Waals surface area contributed by atoms with E-state index in [1.165, 1.54) is 25.9 Å². The van der Waals surface area contributed by atoms with E-state index in [0.29, 0.717) is 18.6 Å². The molecule has 3 saturated heterocycles. The summed E-state index contributed by atoms with van der Waals surface area (Å²) in [4.78, 5) is 14.3. The van der Waals surface area contributed by atoms with Crippen LogP contribution in [0.4, 0.5) is 4.79 Å². The Hall–Kier alpha value is -0.810. The first-order valence-electron chi connectivity index (χ1n) is 8.32. The van der Waals surface area contributed by atoms with E-state index in [4.69, 9.17) is 4.74 Å². The van der Waals surface area contributed by atoms with Gasteiger partial charge in [-0.2, -0.15) is 0 Å². The third-order valence-electron chi connectivity index (χ3n) is 4.49. The van der Waals surface area contributed by atoms with Gasteiger partial charge in [-0.1, -0.05) is 6.92 Å². The molecule has 122 valence electrons. The summed E-state index contributed by atoms with van der Waals surface area (Å²) in [6, 6.07) is 0.904. The predicted octanol–water partition coefficient (Wildman–Crippen LogP) is 1.97. The minimum atomic E-state index is -0.435. The molecule has 21 heavy (non-hydrogen) atoms. The standard InChI is InChI=1S/C16H31N3O2/c1-5-13(10-17-15(20)21-16(2,3)4)18-14-11-19-8-6-12(14)7-9-19/h12-14,18H,5-11H2,1-4H3,(H,17,20). The number of rotatable bonds is 5. The van der Waals surface area contributed by atoms with E-state index < -0.39 is 5.60 Å². The fourth-order valence-corrected chi connectivity index (χ4v) is 3.30. The molecule has 0 aromatic carbocycles. The zero-order valence-electron chi connectivity index (χ0n) is 13.9. The first-order valence-corrected chi connectivity index (χ1v) is 8.32. The van der Waals surface area contributed by atoms with Crippen LogP contribution in [0.3, 0.4) is 0 Å². The number of carbonyl (C=O) groups excluding carboxylic acids is 1. The number of nitrogens with one attached hydrogen (secondary N) is 2. The molecule has 1 amide bonds. The van der Waals surface area contributed by atoms with Crippen molar-refractivity contribution >= 4 is 6.09 Å². The molecule has 0 radical (unpaired) electrons. The highest BCUT2D eigenvalue weighted by molar-refractivity contribution is 5.67. The maximum Gasteiger partial charge on any atom is 0.407 e. The lowest BCUT2D eigenvalue weighted by Crippen LogP contribution is -2.59. The summed E-state index contributed by atoms with van der Waals surface area (Å²) in [5.41, 5.74) is -0.435. The molecular formula is C16H31N3O2. The van der Waals surface area contributed by atoms with Gasteiger partial charge in [0.05, 0.1) is 0 Å². The summed E-state index contributed by atoms with van der Waals surface area (Å²) in [6.45, 7) is 12.1. The number of alkyl carbamates (subject to hydrolysis) is 1. The Morgan fingerprint density at radius 3 is 2.48 bits per heavy atom. The fraction of sp³-hybridized carbons (Fsp3) is 0.938. The summed E-state index contributed by atoms with van der Waals surface area (Å²) in [7, 11) is 0. The summed E-state index contributed by atoms with van der Waals surface area (Å²) in [6.07, 6.45) is 3.32. The van der Waals surface area contributed by atoms with Crippen molar-refractivity contribution in [2.24, 2.45) is 5.92 Å². The first-order chi connectivity index (χ1) is 9.87. The van der Waals surface area contributed by atoms with Crippen LogP contribution in [-0.4, -0.2) is 54.9 Å². The van der Waals surface area contributed by atoms with E-state index in [2.05, 4.69) is 22.5 Å². The second-order valence-corrected chi connectivity index (χ2v) is 7.40. The van der Waals surface area contributed by atoms with Gasteiger partial charge in [0, 0.05) is 25.2 Å². The molecule has 2 bridgehead atoms. The highest BCUT2D eigenvalue weighted by atomic mass is 16.6. The number of nitrogens with zero attached hydrogens (tertiary/aromatic N) is 1. The molecular weight excluding hydrogens is 266 g/mol. The molecule has 2 N–H and O–H groups in total. The van der Waals surface area contributed by atoms with Crippen molar-refractivity contribution in [1.29, 1.82) is 0 Å². The zero-order chi connectivity index (χ0) is 15.5. The number of hydrogen-bond donors (Lipinski definition) is 2. The SMILES string of the molecule is CCC(CNC(=O)OC(C)(C)C)NC1CN2CCC1CC2. The highest BCUT2D eigenvalue weighted by Gasteiger charge is 2.34. The Kier molecular flexibility index (Phi) is 5.49. The molecule has 0 saturated carbocycles. The van der Waals surface area contributed by atoms with E-state index in [-0.39, 0.29) is 6.09 Å². The Balaban J connectivity index is 1.74. The molecule has 5 heteroatoms. The molecule has 0 aromatic rings. The molecule has 0 aromatic heterocycles. The van der Waals surface area contributed by atoms with E-state index >= 15 is 0 Å². The number of carbonyl (C=O) groups is 1. The van der Waals surface area contributed by atoms with Crippen LogP contribution in [-0.2, 0) is 4.74 Å². The smallest absolute Gasteiger partial charge is 0.407 e. The maximum absolute atomic E-state index is 11.7. The van der Waals surface area contributed by atoms with Crippen LogP contribution in [0.2, 0.25) is 0 Å². The van der Waals surface area contributed by atoms with Crippen molar-refractivity contribution in [2.75, 3.05) is 26.2 Å². The molecule has 0 spiro atoms. The fourth-order valence-electron chi connectivity index (χ4n) is 3.30. The quantitative estimate of drug-likeness (QED) is 0.815. The van der Waals surface area contributed by atoms with Crippen molar-refractivity contribution in [3.63, 3.8) is 0 Å². The van der Waals surface area contributed by atoms with Gasteiger partial charge in [0.2, 0.25) is 0 Å². The first kappa shape index (κ1) is 16.6. The van der Waals surface area contributed by atoms with Gasteiger partial charge in [0.15, 0.2) is 0 Å². The van der Waals surface area contributed by atoms with Gasteiger partial charge in [0.25, 0.3) is 0 Å².